The van der Waals surface area contributed by atoms with E-state index >= 15 is 0 Å². The number of carbonyl (C=O) groups excluding carboxylic acids is 2. The van der Waals surface area contributed by atoms with Crippen LogP contribution in [-0.4, -0.2) is 26.2 Å². The maximum Gasteiger partial charge on any atom is 0.309 e. The summed E-state index contributed by atoms with van der Waals surface area (Å²) in [7, 11) is 2.78. The normalized spacial score (nSPS) is 33.7. The van der Waals surface area contributed by atoms with Crippen molar-refractivity contribution in [2.24, 2.45) is 23.7 Å². The van der Waals surface area contributed by atoms with Crippen molar-refractivity contribution in [3.8, 4) is 0 Å². The number of fused-ring (bicyclic) bond motifs is 2. The van der Waals surface area contributed by atoms with Gasteiger partial charge in [-0.25, -0.2) is 0 Å². The molecule has 0 unspecified atom stereocenters. The topological polar surface area (TPSA) is 52.6 Å². The van der Waals surface area contributed by atoms with Gasteiger partial charge in [-0.3, -0.25) is 9.59 Å². The molecule has 4 heteroatoms. The lowest BCUT2D eigenvalue weighted by Gasteiger charge is -2.32. The number of esters is 2. The van der Waals surface area contributed by atoms with Gasteiger partial charge in [0, 0.05) is 0 Å². The molecule has 0 N–H and O–H groups in total. The fraction of sp³-hybridized carbons (Fsp3) is 0.529. The summed E-state index contributed by atoms with van der Waals surface area (Å²) >= 11 is 0. The first-order valence-corrected chi connectivity index (χ1v) is 7.38. The number of hydrogen-bond acceptors (Lipinski definition) is 4. The fourth-order valence-electron chi connectivity index (χ4n) is 4.38. The van der Waals surface area contributed by atoms with Gasteiger partial charge in [0.25, 0.3) is 0 Å². The van der Waals surface area contributed by atoms with Crippen LogP contribution in [-0.2, 0) is 19.1 Å². The highest BCUT2D eigenvalue weighted by Gasteiger charge is 2.59. The second kappa shape index (κ2) is 5.51. The summed E-state index contributed by atoms with van der Waals surface area (Å²) in [6, 6.07) is 10.2. The van der Waals surface area contributed by atoms with Crippen LogP contribution >= 0.6 is 0 Å². The number of rotatable bonds is 3. The Kier molecular flexibility index (Phi) is 3.70. The van der Waals surface area contributed by atoms with Crippen molar-refractivity contribution in [3.05, 3.63) is 35.9 Å². The molecule has 1 aromatic carbocycles. The Labute approximate surface area is 124 Å². The SMILES string of the molecule is COC(=O)[C@@H]1[C@H]2C[C@@H]([C@@H]1C(=O)OC)[C@H](c1ccccc1)C2. The van der Waals surface area contributed by atoms with Gasteiger partial charge in [0.1, 0.15) is 0 Å². The first-order chi connectivity index (χ1) is 10.2. The lowest BCUT2D eigenvalue weighted by atomic mass is 9.71. The molecule has 21 heavy (non-hydrogen) atoms. The van der Waals surface area contributed by atoms with Crippen molar-refractivity contribution in [1.82, 2.24) is 0 Å². The first-order valence-electron chi connectivity index (χ1n) is 7.38. The second-order valence-electron chi connectivity index (χ2n) is 6.01. The molecule has 0 aliphatic heterocycles. The zero-order valence-corrected chi connectivity index (χ0v) is 12.3. The monoisotopic (exact) mass is 288 g/mol. The van der Waals surface area contributed by atoms with Crippen LogP contribution in [0, 0.1) is 23.7 Å². The molecule has 0 heterocycles. The highest BCUT2D eigenvalue weighted by Crippen LogP contribution is 2.59. The summed E-state index contributed by atoms with van der Waals surface area (Å²) in [5.41, 5.74) is 1.25. The molecule has 5 atom stereocenters. The van der Waals surface area contributed by atoms with Crippen LogP contribution in [0.2, 0.25) is 0 Å². The molecule has 4 nitrogen and oxygen atoms in total. The smallest absolute Gasteiger partial charge is 0.309 e. The lowest BCUT2D eigenvalue weighted by Crippen LogP contribution is -2.38. The fourth-order valence-corrected chi connectivity index (χ4v) is 4.38. The summed E-state index contributed by atoms with van der Waals surface area (Å²) in [4.78, 5) is 24.2. The molecule has 0 radical (unpaired) electrons. The van der Waals surface area contributed by atoms with E-state index in [0.717, 1.165) is 12.8 Å². The van der Waals surface area contributed by atoms with E-state index in [0.29, 0.717) is 5.92 Å². The molecule has 3 rings (SSSR count). The van der Waals surface area contributed by atoms with Gasteiger partial charge in [-0.2, -0.15) is 0 Å². The lowest BCUT2D eigenvalue weighted by molar-refractivity contribution is -0.160. The second-order valence-corrected chi connectivity index (χ2v) is 6.01. The number of methoxy groups -OCH3 is 2. The van der Waals surface area contributed by atoms with Crippen molar-refractivity contribution in [1.29, 1.82) is 0 Å². The Morgan fingerprint density at radius 2 is 1.57 bits per heavy atom. The maximum atomic E-state index is 12.2. The van der Waals surface area contributed by atoms with E-state index in [1.807, 2.05) is 18.2 Å². The number of carbonyl (C=O) groups is 2. The van der Waals surface area contributed by atoms with Crippen LogP contribution < -0.4 is 0 Å². The van der Waals surface area contributed by atoms with Crippen LogP contribution in [0.1, 0.15) is 24.3 Å². The molecular formula is C17H20O4. The third-order valence-electron chi connectivity index (χ3n) is 5.18. The third-order valence-corrected chi connectivity index (χ3v) is 5.18. The predicted octanol–water partition coefficient (Wildman–Crippen LogP) is 2.39. The van der Waals surface area contributed by atoms with Crippen molar-refractivity contribution < 1.29 is 19.1 Å². The zero-order chi connectivity index (χ0) is 15.0. The molecule has 1 aromatic rings. The van der Waals surface area contributed by atoms with Gasteiger partial charge in [-0.1, -0.05) is 30.3 Å². The molecule has 0 aromatic heterocycles. The number of ether oxygens (including phenoxy) is 2. The van der Waals surface area contributed by atoms with Gasteiger partial charge in [-0.15, -0.1) is 0 Å². The summed E-state index contributed by atoms with van der Waals surface area (Å²) < 4.78 is 9.86. The molecule has 2 saturated carbocycles. The highest BCUT2D eigenvalue weighted by molar-refractivity contribution is 5.84. The van der Waals surface area contributed by atoms with Crippen molar-refractivity contribution in [2.45, 2.75) is 18.8 Å². The minimum atomic E-state index is -0.369. The Balaban J connectivity index is 1.90. The first kappa shape index (κ1) is 14.1. The standard InChI is InChI=1S/C17H20O4/c1-20-16(18)14-11-8-12(10-6-4-3-5-7-10)13(9-11)15(14)17(19)21-2/h3-7,11-15H,8-9H2,1-2H3/t11-,12+,13-,14-,15+/m1/s1. The summed E-state index contributed by atoms with van der Waals surface area (Å²) in [6.07, 6.45) is 1.85. The quantitative estimate of drug-likeness (QED) is 0.801. The van der Waals surface area contributed by atoms with Crippen LogP contribution in [0.5, 0.6) is 0 Å². The summed E-state index contributed by atoms with van der Waals surface area (Å²) in [6.45, 7) is 0. The van der Waals surface area contributed by atoms with E-state index in [-0.39, 0.29) is 35.6 Å². The van der Waals surface area contributed by atoms with E-state index in [1.165, 1.54) is 19.8 Å². The molecule has 2 bridgehead atoms. The Morgan fingerprint density at radius 3 is 2.19 bits per heavy atom. The predicted molar refractivity (Wildman–Crippen MR) is 76.4 cm³/mol. The number of benzene rings is 1. The minimum absolute atomic E-state index is 0.175. The van der Waals surface area contributed by atoms with Crippen LogP contribution in [0.25, 0.3) is 0 Å². The van der Waals surface area contributed by atoms with Crippen molar-refractivity contribution >= 4 is 11.9 Å². The third kappa shape index (κ3) is 2.23. The molecule has 0 amide bonds. The van der Waals surface area contributed by atoms with Gasteiger partial charge >= 0.3 is 11.9 Å². The van der Waals surface area contributed by atoms with Gasteiger partial charge in [-0.05, 0) is 36.2 Å². The van der Waals surface area contributed by atoms with E-state index in [2.05, 4.69) is 12.1 Å². The average molecular weight is 288 g/mol. The van der Waals surface area contributed by atoms with Crippen molar-refractivity contribution in [3.63, 3.8) is 0 Å². The van der Waals surface area contributed by atoms with Gasteiger partial charge in [0.05, 0.1) is 26.1 Å². The van der Waals surface area contributed by atoms with Gasteiger partial charge in [0.2, 0.25) is 0 Å². The molecule has 2 aliphatic rings. The molecular weight excluding hydrogens is 268 g/mol. The molecule has 0 spiro atoms. The Morgan fingerprint density at radius 1 is 0.952 bits per heavy atom. The van der Waals surface area contributed by atoms with E-state index < -0.39 is 0 Å². The largest absolute Gasteiger partial charge is 0.469 e. The summed E-state index contributed by atoms with van der Waals surface area (Å²) in [5.74, 6) is -0.534. The van der Waals surface area contributed by atoms with E-state index in [1.54, 1.807) is 0 Å². The highest BCUT2D eigenvalue weighted by atomic mass is 16.5. The van der Waals surface area contributed by atoms with Crippen LogP contribution in [0.4, 0.5) is 0 Å². The van der Waals surface area contributed by atoms with Gasteiger partial charge in [0.15, 0.2) is 0 Å². The Bertz CT molecular complexity index is 539. The average Bonchev–Trinajstić information content (AvgIpc) is 3.12. The summed E-state index contributed by atoms with van der Waals surface area (Å²) in [5, 5.41) is 0. The van der Waals surface area contributed by atoms with E-state index in [9.17, 15) is 9.59 Å². The number of hydrogen-bond donors (Lipinski definition) is 0. The maximum absolute atomic E-state index is 12.2. The van der Waals surface area contributed by atoms with Gasteiger partial charge < -0.3 is 9.47 Å². The Hall–Kier alpha value is -1.84. The van der Waals surface area contributed by atoms with Crippen LogP contribution in [0.15, 0.2) is 30.3 Å². The molecule has 2 aliphatic carbocycles. The minimum Gasteiger partial charge on any atom is -0.469 e. The molecule has 112 valence electrons. The van der Waals surface area contributed by atoms with E-state index in [4.69, 9.17) is 9.47 Å². The molecule has 2 fully saturated rings. The molecule has 0 saturated heterocycles. The van der Waals surface area contributed by atoms with Crippen LogP contribution in [0.3, 0.4) is 0 Å². The zero-order valence-electron chi connectivity index (χ0n) is 12.3. The van der Waals surface area contributed by atoms with Crippen molar-refractivity contribution in [2.75, 3.05) is 14.2 Å².